The number of benzene rings is 2. The van der Waals surface area contributed by atoms with E-state index in [0.717, 1.165) is 4.90 Å². The van der Waals surface area contributed by atoms with Crippen LogP contribution in [0.4, 0.5) is 10.1 Å². The smallest absolute Gasteiger partial charge is 0.339 e. The van der Waals surface area contributed by atoms with Gasteiger partial charge in [-0.25, -0.2) is 9.18 Å². The van der Waals surface area contributed by atoms with Gasteiger partial charge in [-0.3, -0.25) is 0 Å². The Morgan fingerprint density at radius 3 is 2.68 bits per heavy atom. The fraction of sp³-hybridized carbons (Fsp3) is 0.0714. The Bertz CT molecular complexity index is 616. The molecule has 3 nitrogen and oxygen atoms in total. The van der Waals surface area contributed by atoms with E-state index in [-0.39, 0.29) is 11.4 Å². The zero-order chi connectivity index (χ0) is 13.8. The minimum absolute atomic E-state index is 0.281. The lowest BCUT2D eigenvalue weighted by atomic mass is 10.2. The van der Waals surface area contributed by atoms with Crippen molar-refractivity contribution in [3.8, 4) is 0 Å². The summed E-state index contributed by atoms with van der Waals surface area (Å²) in [7, 11) is 1.29. The second-order valence-corrected chi connectivity index (χ2v) is 4.89. The molecule has 0 aliphatic rings. The average Bonchev–Trinajstić information content (AvgIpc) is 2.42. The van der Waals surface area contributed by atoms with Gasteiger partial charge in [0.05, 0.1) is 12.7 Å². The summed E-state index contributed by atoms with van der Waals surface area (Å²) in [5, 5.41) is 0. The van der Waals surface area contributed by atoms with Crippen LogP contribution in [0.15, 0.2) is 52.3 Å². The van der Waals surface area contributed by atoms with Crippen LogP contribution in [0.1, 0.15) is 10.4 Å². The highest BCUT2D eigenvalue weighted by molar-refractivity contribution is 7.99. The van der Waals surface area contributed by atoms with Crippen LogP contribution in [0.3, 0.4) is 0 Å². The predicted octanol–water partition coefficient (Wildman–Crippen LogP) is 3.35. The molecule has 0 fully saturated rings. The van der Waals surface area contributed by atoms with Gasteiger partial charge in [-0.05, 0) is 30.3 Å². The summed E-state index contributed by atoms with van der Waals surface area (Å²) in [5.41, 5.74) is 6.32. The van der Waals surface area contributed by atoms with Crippen LogP contribution < -0.4 is 5.73 Å². The number of hydrogen-bond acceptors (Lipinski definition) is 4. The molecular formula is C14H12FNO2S. The Morgan fingerprint density at radius 1 is 1.26 bits per heavy atom. The minimum atomic E-state index is -0.506. The number of rotatable bonds is 3. The van der Waals surface area contributed by atoms with Crippen LogP contribution in [-0.2, 0) is 4.74 Å². The number of anilines is 1. The second-order valence-electron chi connectivity index (χ2n) is 3.77. The zero-order valence-electron chi connectivity index (χ0n) is 10.2. The fourth-order valence-electron chi connectivity index (χ4n) is 1.54. The summed E-state index contributed by atoms with van der Waals surface area (Å²) in [6, 6.07) is 11.4. The maximum Gasteiger partial charge on any atom is 0.339 e. The molecule has 2 aromatic carbocycles. The van der Waals surface area contributed by atoms with Crippen LogP contribution in [0.2, 0.25) is 0 Å². The number of methoxy groups -OCH3 is 1. The van der Waals surface area contributed by atoms with Crippen molar-refractivity contribution in [2.24, 2.45) is 0 Å². The van der Waals surface area contributed by atoms with Gasteiger partial charge in [0, 0.05) is 15.5 Å². The van der Waals surface area contributed by atoms with Gasteiger partial charge in [0.2, 0.25) is 0 Å². The lowest BCUT2D eigenvalue weighted by molar-refractivity contribution is 0.0601. The molecule has 0 unspecified atom stereocenters. The lowest BCUT2D eigenvalue weighted by Gasteiger charge is -2.07. The minimum Gasteiger partial charge on any atom is -0.465 e. The van der Waals surface area contributed by atoms with Gasteiger partial charge in [-0.15, -0.1) is 0 Å². The van der Waals surface area contributed by atoms with E-state index < -0.39 is 5.97 Å². The summed E-state index contributed by atoms with van der Waals surface area (Å²) in [6.45, 7) is 0. The topological polar surface area (TPSA) is 52.3 Å². The van der Waals surface area contributed by atoms with Gasteiger partial charge in [0.15, 0.2) is 0 Å². The van der Waals surface area contributed by atoms with Crippen LogP contribution in [0.5, 0.6) is 0 Å². The monoisotopic (exact) mass is 277 g/mol. The van der Waals surface area contributed by atoms with E-state index >= 15 is 0 Å². The molecule has 0 amide bonds. The SMILES string of the molecule is COC(=O)c1cc(Sc2ccccc2F)ccc1N. The normalized spacial score (nSPS) is 10.2. The first-order valence-electron chi connectivity index (χ1n) is 5.52. The molecular weight excluding hydrogens is 265 g/mol. The molecule has 0 spiro atoms. The van der Waals surface area contributed by atoms with Crippen molar-refractivity contribution in [2.75, 3.05) is 12.8 Å². The van der Waals surface area contributed by atoms with Crippen molar-refractivity contribution in [1.29, 1.82) is 0 Å². The number of carbonyl (C=O) groups excluding carboxylic acids is 1. The summed E-state index contributed by atoms with van der Waals surface area (Å²) in [5.74, 6) is -0.808. The molecule has 0 saturated carbocycles. The number of halogens is 1. The van der Waals surface area contributed by atoms with Crippen LogP contribution in [0, 0.1) is 5.82 Å². The Balaban J connectivity index is 2.32. The van der Waals surface area contributed by atoms with E-state index in [4.69, 9.17) is 5.73 Å². The molecule has 0 radical (unpaired) electrons. The number of hydrogen-bond donors (Lipinski definition) is 1. The third kappa shape index (κ3) is 3.06. The maximum absolute atomic E-state index is 13.5. The van der Waals surface area contributed by atoms with Gasteiger partial charge >= 0.3 is 5.97 Å². The van der Waals surface area contributed by atoms with Crippen molar-refractivity contribution in [1.82, 2.24) is 0 Å². The molecule has 2 rings (SSSR count). The number of ether oxygens (including phenoxy) is 1. The molecule has 0 atom stereocenters. The van der Waals surface area contributed by atoms with Gasteiger partial charge < -0.3 is 10.5 Å². The molecule has 2 aromatic rings. The van der Waals surface area contributed by atoms with E-state index in [2.05, 4.69) is 4.74 Å². The van der Waals surface area contributed by atoms with Crippen molar-refractivity contribution in [3.63, 3.8) is 0 Å². The number of nitrogen functional groups attached to an aromatic ring is 1. The van der Waals surface area contributed by atoms with Gasteiger partial charge in [-0.1, -0.05) is 23.9 Å². The van der Waals surface area contributed by atoms with Gasteiger partial charge in [0.1, 0.15) is 5.82 Å². The number of esters is 1. The molecule has 98 valence electrons. The summed E-state index contributed by atoms with van der Waals surface area (Å²) < 4.78 is 18.2. The van der Waals surface area contributed by atoms with E-state index in [9.17, 15) is 9.18 Å². The van der Waals surface area contributed by atoms with E-state index in [0.29, 0.717) is 10.6 Å². The highest BCUT2D eigenvalue weighted by Crippen LogP contribution is 2.31. The Morgan fingerprint density at radius 2 is 2.00 bits per heavy atom. The third-order valence-electron chi connectivity index (χ3n) is 2.49. The first-order valence-corrected chi connectivity index (χ1v) is 6.33. The second kappa shape index (κ2) is 5.75. The molecule has 2 N–H and O–H groups in total. The van der Waals surface area contributed by atoms with Crippen LogP contribution >= 0.6 is 11.8 Å². The highest BCUT2D eigenvalue weighted by atomic mass is 32.2. The average molecular weight is 277 g/mol. The fourth-order valence-corrected chi connectivity index (χ4v) is 2.42. The molecule has 5 heteroatoms. The maximum atomic E-state index is 13.5. The summed E-state index contributed by atoms with van der Waals surface area (Å²) >= 11 is 1.23. The number of carbonyl (C=O) groups is 1. The summed E-state index contributed by atoms with van der Waals surface area (Å²) in [6.07, 6.45) is 0. The van der Waals surface area contributed by atoms with Crippen molar-refractivity contribution in [2.45, 2.75) is 9.79 Å². The lowest BCUT2D eigenvalue weighted by Crippen LogP contribution is -2.05. The molecule has 0 heterocycles. The molecule has 0 aliphatic carbocycles. The van der Waals surface area contributed by atoms with Crippen molar-refractivity contribution >= 4 is 23.4 Å². The van der Waals surface area contributed by atoms with Crippen molar-refractivity contribution < 1.29 is 13.9 Å². The third-order valence-corrected chi connectivity index (χ3v) is 3.54. The Hall–Kier alpha value is -2.01. The molecule has 19 heavy (non-hydrogen) atoms. The standard InChI is InChI=1S/C14H12FNO2S/c1-18-14(17)10-8-9(6-7-12(10)16)19-13-5-3-2-4-11(13)15/h2-8H,16H2,1H3. The number of nitrogens with two attached hydrogens (primary N) is 1. The van der Waals surface area contributed by atoms with Crippen LogP contribution in [0.25, 0.3) is 0 Å². The first-order chi connectivity index (χ1) is 9.11. The Kier molecular flexibility index (Phi) is 4.06. The molecule has 0 aromatic heterocycles. The molecule has 0 bridgehead atoms. The summed E-state index contributed by atoms with van der Waals surface area (Å²) in [4.78, 5) is 12.7. The van der Waals surface area contributed by atoms with Gasteiger partial charge in [-0.2, -0.15) is 0 Å². The molecule has 0 saturated heterocycles. The van der Waals surface area contributed by atoms with Crippen LogP contribution in [-0.4, -0.2) is 13.1 Å². The molecule has 0 aliphatic heterocycles. The Labute approximate surface area is 114 Å². The quantitative estimate of drug-likeness (QED) is 0.690. The van der Waals surface area contributed by atoms with Gasteiger partial charge in [0.25, 0.3) is 0 Å². The first kappa shape index (κ1) is 13.4. The zero-order valence-corrected chi connectivity index (χ0v) is 11.0. The largest absolute Gasteiger partial charge is 0.465 e. The predicted molar refractivity (Wildman–Crippen MR) is 72.7 cm³/mol. The van der Waals surface area contributed by atoms with E-state index in [1.807, 2.05) is 0 Å². The van der Waals surface area contributed by atoms with E-state index in [1.165, 1.54) is 24.9 Å². The van der Waals surface area contributed by atoms with E-state index in [1.54, 1.807) is 36.4 Å². The van der Waals surface area contributed by atoms with Crippen molar-refractivity contribution in [3.05, 3.63) is 53.8 Å². The highest BCUT2D eigenvalue weighted by Gasteiger charge is 2.12.